The van der Waals surface area contributed by atoms with E-state index < -0.39 is 0 Å². The first-order chi connectivity index (χ1) is 12.5. The van der Waals surface area contributed by atoms with Gasteiger partial charge in [0.1, 0.15) is 17.6 Å². The van der Waals surface area contributed by atoms with E-state index in [-0.39, 0.29) is 17.8 Å². The number of hydrogen-bond acceptors (Lipinski definition) is 4. The van der Waals surface area contributed by atoms with Crippen molar-refractivity contribution in [2.45, 2.75) is 90.6 Å². The second-order valence-corrected chi connectivity index (χ2v) is 7.09. The Bertz CT molecular complexity index is 513. The summed E-state index contributed by atoms with van der Waals surface area (Å²) in [5.41, 5.74) is 0.920. The van der Waals surface area contributed by atoms with Crippen molar-refractivity contribution in [1.82, 2.24) is 0 Å². The molecule has 148 valence electrons. The summed E-state index contributed by atoms with van der Waals surface area (Å²) in [7, 11) is 1.57. The summed E-state index contributed by atoms with van der Waals surface area (Å²) in [5.74, 6) is 0.534. The van der Waals surface area contributed by atoms with Crippen molar-refractivity contribution in [3.8, 4) is 11.5 Å². The molecule has 0 aromatic heterocycles. The van der Waals surface area contributed by atoms with Crippen molar-refractivity contribution >= 4 is 5.97 Å². The fourth-order valence-corrected chi connectivity index (χ4v) is 3.26. The summed E-state index contributed by atoms with van der Waals surface area (Å²) in [6.07, 6.45) is 12.8. The highest BCUT2D eigenvalue weighted by Gasteiger charge is 2.14. The van der Waals surface area contributed by atoms with Gasteiger partial charge in [0.25, 0.3) is 0 Å². The first kappa shape index (κ1) is 22.3. The lowest BCUT2D eigenvalue weighted by atomic mass is 10.0. The van der Waals surface area contributed by atoms with E-state index in [1.54, 1.807) is 19.2 Å². The topological polar surface area (TPSA) is 55.8 Å². The smallest absolute Gasteiger partial charge is 0.302 e. The third-order valence-electron chi connectivity index (χ3n) is 4.61. The molecule has 0 spiro atoms. The first-order valence-electron chi connectivity index (χ1n) is 10.1. The van der Waals surface area contributed by atoms with Gasteiger partial charge in [-0.25, -0.2) is 0 Å². The number of unbranched alkanes of at least 4 members (excludes halogenated alkanes) is 8. The Morgan fingerprint density at radius 3 is 2.19 bits per heavy atom. The van der Waals surface area contributed by atoms with Crippen molar-refractivity contribution in [2.75, 3.05) is 7.11 Å². The van der Waals surface area contributed by atoms with Crippen LogP contribution in [-0.4, -0.2) is 24.3 Å². The zero-order valence-corrected chi connectivity index (χ0v) is 16.8. The van der Waals surface area contributed by atoms with Crippen molar-refractivity contribution in [1.29, 1.82) is 0 Å². The van der Waals surface area contributed by atoms with Crippen molar-refractivity contribution < 1.29 is 19.4 Å². The maximum absolute atomic E-state index is 11.4. The molecule has 0 heterocycles. The second kappa shape index (κ2) is 13.5. The molecule has 0 radical (unpaired) electrons. The Morgan fingerprint density at radius 2 is 1.62 bits per heavy atom. The van der Waals surface area contributed by atoms with Crippen LogP contribution in [0.5, 0.6) is 11.5 Å². The van der Waals surface area contributed by atoms with Gasteiger partial charge in [0.15, 0.2) is 0 Å². The number of phenolic OH excluding ortho intramolecular Hbond substituents is 1. The molecule has 0 saturated heterocycles. The van der Waals surface area contributed by atoms with Crippen LogP contribution in [-0.2, 0) is 16.0 Å². The summed E-state index contributed by atoms with van der Waals surface area (Å²) >= 11 is 0. The predicted molar refractivity (Wildman–Crippen MR) is 106 cm³/mol. The number of rotatable bonds is 14. The van der Waals surface area contributed by atoms with Crippen LogP contribution in [0.25, 0.3) is 0 Å². The van der Waals surface area contributed by atoms with Crippen LogP contribution in [0.2, 0.25) is 0 Å². The fraction of sp³-hybridized carbons (Fsp3) is 0.682. The zero-order chi connectivity index (χ0) is 19.2. The van der Waals surface area contributed by atoms with Crippen LogP contribution >= 0.6 is 0 Å². The number of aromatic hydroxyl groups is 1. The predicted octanol–water partition coefficient (Wildman–Crippen LogP) is 5.80. The molecule has 1 N–H and O–H groups in total. The number of hydrogen-bond donors (Lipinski definition) is 1. The monoisotopic (exact) mass is 364 g/mol. The lowest BCUT2D eigenvalue weighted by Crippen LogP contribution is -2.19. The summed E-state index contributed by atoms with van der Waals surface area (Å²) in [4.78, 5) is 11.4. The van der Waals surface area contributed by atoms with Crippen LogP contribution in [0.1, 0.15) is 83.6 Å². The molecule has 0 aliphatic heterocycles. The summed E-state index contributed by atoms with van der Waals surface area (Å²) in [6, 6.07) is 5.16. The van der Waals surface area contributed by atoms with E-state index in [0.717, 1.165) is 18.4 Å². The van der Waals surface area contributed by atoms with E-state index in [1.807, 2.05) is 6.07 Å². The maximum Gasteiger partial charge on any atom is 0.302 e. The molecule has 26 heavy (non-hydrogen) atoms. The highest BCUT2D eigenvalue weighted by atomic mass is 16.5. The summed E-state index contributed by atoms with van der Waals surface area (Å²) in [5, 5.41) is 9.78. The van der Waals surface area contributed by atoms with Gasteiger partial charge in [0.2, 0.25) is 0 Å². The molecule has 0 bridgehead atoms. The molecule has 0 amide bonds. The third-order valence-corrected chi connectivity index (χ3v) is 4.61. The maximum atomic E-state index is 11.4. The lowest BCUT2D eigenvalue weighted by Gasteiger charge is -2.18. The van der Waals surface area contributed by atoms with Crippen LogP contribution in [0.15, 0.2) is 18.2 Å². The Hall–Kier alpha value is -1.71. The van der Waals surface area contributed by atoms with Crippen LogP contribution in [0, 0.1) is 0 Å². The molecule has 0 saturated carbocycles. The van der Waals surface area contributed by atoms with Gasteiger partial charge in [0, 0.05) is 19.4 Å². The molecule has 1 atom stereocenters. The molecular weight excluding hydrogens is 328 g/mol. The van der Waals surface area contributed by atoms with E-state index in [9.17, 15) is 9.90 Å². The quantitative estimate of drug-likeness (QED) is 0.335. The lowest BCUT2D eigenvalue weighted by molar-refractivity contribution is -0.146. The minimum absolute atomic E-state index is 0.149. The molecule has 1 rings (SSSR count). The molecule has 1 aromatic rings. The second-order valence-electron chi connectivity index (χ2n) is 7.09. The summed E-state index contributed by atoms with van der Waals surface area (Å²) < 4.78 is 10.7. The molecule has 0 aliphatic carbocycles. The summed E-state index contributed by atoms with van der Waals surface area (Å²) in [6.45, 7) is 3.69. The normalized spacial score (nSPS) is 12.0. The molecule has 1 unspecified atom stereocenters. The number of esters is 1. The standard InChI is InChI=1S/C22H36O4/c1-4-5-6-7-8-9-10-11-12-13-21(26-18(2)23)15-19-14-20(24)17-22(16-19)25-3/h14,16-17,21,24H,4-13,15H2,1-3H3. The van der Waals surface area contributed by atoms with Gasteiger partial charge in [-0.2, -0.15) is 0 Å². The molecular formula is C22H36O4. The van der Waals surface area contributed by atoms with Gasteiger partial charge in [-0.05, 0) is 30.5 Å². The Morgan fingerprint density at radius 1 is 1.00 bits per heavy atom. The highest BCUT2D eigenvalue weighted by molar-refractivity contribution is 5.66. The number of methoxy groups -OCH3 is 1. The number of benzene rings is 1. The van der Waals surface area contributed by atoms with E-state index >= 15 is 0 Å². The van der Waals surface area contributed by atoms with Gasteiger partial charge in [0.05, 0.1) is 7.11 Å². The fourth-order valence-electron chi connectivity index (χ4n) is 3.26. The number of ether oxygens (including phenoxy) is 2. The average molecular weight is 365 g/mol. The molecule has 4 nitrogen and oxygen atoms in total. The van der Waals surface area contributed by atoms with Crippen LogP contribution in [0.4, 0.5) is 0 Å². The van der Waals surface area contributed by atoms with Crippen molar-refractivity contribution in [3.63, 3.8) is 0 Å². The van der Waals surface area contributed by atoms with E-state index in [2.05, 4.69) is 6.92 Å². The highest BCUT2D eigenvalue weighted by Crippen LogP contribution is 2.24. The van der Waals surface area contributed by atoms with Gasteiger partial charge in [-0.1, -0.05) is 58.3 Å². The van der Waals surface area contributed by atoms with Gasteiger partial charge < -0.3 is 14.6 Å². The largest absolute Gasteiger partial charge is 0.508 e. The first-order valence-corrected chi connectivity index (χ1v) is 10.1. The van der Waals surface area contributed by atoms with Gasteiger partial charge in [-0.3, -0.25) is 4.79 Å². The third kappa shape index (κ3) is 10.3. The average Bonchev–Trinajstić information content (AvgIpc) is 2.59. The van der Waals surface area contributed by atoms with Crippen LogP contribution < -0.4 is 4.74 Å². The Labute approximate surface area is 158 Å². The van der Waals surface area contributed by atoms with E-state index in [0.29, 0.717) is 12.2 Å². The molecule has 1 aromatic carbocycles. The SMILES string of the molecule is CCCCCCCCCCCC(Cc1cc(O)cc(OC)c1)OC(C)=O. The minimum Gasteiger partial charge on any atom is -0.508 e. The molecule has 4 heteroatoms. The minimum atomic E-state index is -0.252. The number of carbonyl (C=O) groups is 1. The molecule has 0 aliphatic rings. The van der Waals surface area contributed by atoms with Crippen molar-refractivity contribution in [3.05, 3.63) is 23.8 Å². The number of carbonyl (C=O) groups excluding carboxylic acids is 1. The van der Waals surface area contributed by atoms with Crippen molar-refractivity contribution in [2.24, 2.45) is 0 Å². The van der Waals surface area contributed by atoms with E-state index in [1.165, 1.54) is 58.3 Å². The van der Waals surface area contributed by atoms with Gasteiger partial charge in [-0.15, -0.1) is 0 Å². The Balaban J connectivity index is 2.35. The number of phenols is 1. The Kier molecular flexibility index (Phi) is 11.6. The zero-order valence-electron chi connectivity index (χ0n) is 16.8. The van der Waals surface area contributed by atoms with Crippen LogP contribution in [0.3, 0.4) is 0 Å². The van der Waals surface area contributed by atoms with E-state index in [4.69, 9.17) is 9.47 Å². The molecule has 0 fully saturated rings. The van der Waals surface area contributed by atoms with Gasteiger partial charge >= 0.3 is 5.97 Å².